The van der Waals surface area contributed by atoms with E-state index in [-0.39, 0.29) is 11.9 Å². The summed E-state index contributed by atoms with van der Waals surface area (Å²) in [5, 5.41) is 9.11. The minimum Gasteiger partial charge on any atom is -0.506 e. The number of aromatic hydroxyl groups is 1. The minimum absolute atomic E-state index is 0.104. The number of aryl methyl sites for hydroxylation is 1. The second-order valence-electron chi connectivity index (χ2n) is 2.94. The van der Waals surface area contributed by atoms with Crippen molar-refractivity contribution in [3.05, 3.63) is 18.0 Å². The van der Waals surface area contributed by atoms with Gasteiger partial charge >= 0.3 is 0 Å². The monoisotopic (exact) mass is 167 g/mol. The number of pyridine rings is 1. The van der Waals surface area contributed by atoms with Gasteiger partial charge in [0.1, 0.15) is 11.5 Å². The number of hydrogen-bond acceptors (Lipinski definition) is 3. The number of ether oxygens (including phenoxy) is 1. The topological polar surface area (TPSA) is 42.4 Å². The predicted molar refractivity (Wildman–Crippen MR) is 46.4 cm³/mol. The molecule has 1 rings (SSSR count). The second-order valence-corrected chi connectivity index (χ2v) is 2.94. The molecule has 0 aliphatic heterocycles. The molecule has 1 N–H and O–H groups in total. The molecule has 0 spiro atoms. The van der Waals surface area contributed by atoms with E-state index in [1.54, 1.807) is 6.07 Å². The highest BCUT2D eigenvalue weighted by Gasteiger charge is 2.03. The van der Waals surface area contributed by atoms with Crippen molar-refractivity contribution in [2.75, 3.05) is 0 Å². The molecule has 3 nitrogen and oxygen atoms in total. The molecular weight excluding hydrogens is 154 g/mol. The Balaban J connectivity index is 2.90. The first-order valence-corrected chi connectivity index (χ1v) is 3.92. The fraction of sp³-hybridized carbons (Fsp3) is 0.444. The summed E-state index contributed by atoms with van der Waals surface area (Å²) in [5.74, 6) is 0.779. The van der Waals surface area contributed by atoms with E-state index in [1.807, 2.05) is 20.8 Å². The molecule has 1 heterocycles. The summed E-state index contributed by atoms with van der Waals surface area (Å²) in [6.45, 7) is 5.71. The van der Waals surface area contributed by atoms with Crippen molar-refractivity contribution in [3.63, 3.8) is 0 Å². The molecule has 0 amide bonds. The molecule has 12 heavy (non-hydrogen) atoms. The lowest BCUT2D eigenvalue weighted by Crippen LogP contribution is -2.06. The van der Waals surface area contributed by atoms with Gasteiger partial charge in [-0.25, -0.2) is 0 Å². The first-order valence-electron chi connectivity index (χ1n) is 3.92. The third-order valence-corrected chi connectivity index (χ3v) is 1.39. The zero-order valence-corrected chi connectivity index (χ0v) is 7.53. The van der Waals surface area contributed by atoms with E-state index in [0.29, 0.717) is 5.75 Å². The molecule has 0 unspecified atom stereocenters. The molecule has 0 aliphatic rings. The Morgan fingerprint density at radius 2 is 2.17 bits per heavy atom. The largest absolute Gasteiger partial charge is 0.506 e. The predicted octanol–water partition coefficient (Wildman–Crippen LogP) is 1.88. The van der Waals surface area contributed by atoms with Crippen molar-refractivity contribution in [1.82, 2.24) is 4.98 Å². The third-order valence-electron chi connectivity index (χ3n) is 1.39. The van der Waals surface area contributed by atoms with E-state index >= 15 is 0 Å². The lowest BCUT2D eigenvalue weighted by Gasteiger charge is -2.11. The zero-order chi connectivity index (χ0) is 9.14. The van der Waals surface area contributed by atoms with Gasteiger partial charge in [-0.05, 0) is 20.8 Å². The number of rotatable bonds is 2. The highest BCUT2D eigenvalue weighted by atomic mass is 16.5. The van der Waals surface area contributed by atoms with Crippen LogP contribution in [0.4, 0.5) is 0 Å². The van der Waals surface area contributed by atoms with Crippen LogP contribution in [0.1, 0.15) is 19.5 Å². The van der Waals surface area contributed by atoms with Gasteiger partial charge in [-0.3, -0.25) is 4.98 Å². The lowest BCUT2D eigenvalue weighted by molar-refractivity contribution is 0.238. The van der Waals surface area contributed by atoms with Crippen LogP contribution in [0, 0.1) is 6.92 Å². The van der Waals surface area contributed by atoms with Gasteiger partial charge in [-0.15, -0.1) is 0 Å². The number of aromatic nitrogens is 1. The van der Waals surface area contributed by atoms with E-state index < -0.39 is 0 Å². The summed E-state index contributed by atoms with van der Waals surface area (Å²) in [6.07, 6.45) is 1.51. The Hall–Kier alpha value is -1.25. The van der Waals surface area contributed by atoms with Gasteiger partial charge in [0.25, 0.3) is 0 Å². The van der Waals surface area contributed by atoms with Crippen molar-refractivity contribution in [3.8, 4) is 11.5 Å². The molecule has 0 aliphatic carbocycles. The minimum atomic E-state index is 0.104. The highest BCUT2D eigenvalue weighted by molar-refractivity contribution is 5.33. The molecule has 3 heteroatoms. The average Bonchev–Trinajstić information content (AvgIpc) is 1.96. The van der Waals surface area contributed by atoms with Gasteiger partial charge in [0.2, 0.25) is 0 Å². The Morgan fingerprint density at radius 1 is 1.50 bits per heavy atom. The lowest BCUT2D eigenvalue weighted by atomic mass is 10.3. The standard InChI is InChI=1S/C9H13NO2/c1-6(2)12-9-4-8(11)5-10-7(9)3/h4-6,11H,1-3H3. The first-order chi connectivity index (χ1) is 5.59. The van der Waals surface area contributed by atoms with Crippen LogP contribution in [0.15, 0.2) is 12.3 Å². The van der Waals surface area contributed by atoms with Crippen LogP contribution >= 0.6 is 0 Å². The van der Waals surface area contributed by atoms with Crippen molar-refractivity contribution in [2.45, 2.75) is 26.9 Å². The molecule has 0 atom stereocenters. The Labute approximate surface area is 72.0 Å². The van der Waals surface area contributed by atoms with E-state index in [0.717, 1.165) is 5.69 Å². The SMILES string of the molecule is Cc1ncc(O)cc1OC(C)C. The maximum atomic E-state index is 9.11. The van der Waals surface area contributed by atoms with E-state index in [2.05, 4.69) is 4.98 Å². The van der Waals surface area contributed by atoms with Crippen molar-refractivity contribution in [2.24, 2.45) is 0 Å². The molecule has 0 bridgehead atoms. The second kappa shape index (κ2) is 3.43. The van der Waals surface area contributed by atoms with E-state index in [9.17, 15) is 0 Å². The summed E-state index contributed by atoms with van der Waals surface area (Å²) in [7, 11) is 0. The molecule has 0 saturated carbocycles. The maximum Gasteiger partial charge on any atom is 0.144 e. The third kappa shape index (κ3) is 2.12. The fourth-order valence-electron chi connectivity index (χ4n) is 0.876. The average molecular weight is 167 g/mol. The van der Waals surface area contributed by atoms with Gasteiger partial charge in [0.15, 0.2) is 0 Å². The van der Waals surface area contributed by atoms with Crippen LogP contribution < -0.4 is 4.74 Å². The summed E-state index contributed by atoms with van der Waals surface area (Å²) in [6, 6.07) is 1.57. The van der Waals surface area contributed by atoms with E-state index in [4.69, 9.17) is 9.84 Å². The summed E-state index contributed by atoms with van der Waals surface area (Å²) in [5.41, 5.74) is 0.793. The smallest absolute Gasteiger partial charge is 0.144 e. The molecule has 0 fully saturated rings. The quantitative estimate of drug-likeness (QED) is 0.731. The number of nitrogens with zero attached hydrogens (tertiary/aromatic N) is 1. The maximum absolute atomic E-state index is 9.11. The Morgan fingerprint density at radius 3 is 2.75 bits per heavy atom. The summed E-state index contributed by atoms with van der Waals surface area (Å²) in [4.78, 5) is 3.96. The van der Waals surface area contributed by atoms with Crippen LogP contribution in [0.5, 0.6) is 11.5 Å². The Bertz CT molecular complexity index is 271. The first kappa shape index (κ1) is 8.84. The molecule has 0 aromatic carbocycles. The van der Waals surface area contributed by atoms with Gasteiger partial charge in [-0.2, -0.15) is 0 Å². The van der Waals surface area contributed by atoms with Crippen LogP contribution in [-0.4, -0.2) is 16.2 Å². The van der Waals surface area contributed by atoms with Crippen molar-refractivity contribution in [1.29, 1.82) is 0 Å². The van der Waals surface area contributed by atoms with Gasteiger partial charge in [0, 0.05) is 6.07 Å². The number of hydrogen-bond donors (Lipinski definition) is 1. The molecule has 0 radical (unpaired) electrons. The summed E-state index contributed by atoms with van der Waals surface area (Å²) < 4.78 is 5.40. The van der Waals surface area contributed by atoms with Crippen LogP contribution in [0.2, 0.25) is 0 Å². The van der Waals surface area contributed by atoms with Crippen LogP contribution in [0.3, 0.4) is 0 Å². The normalized spacial score (nSPS) is 10.3. The van der Waals surface area contributed by atoms with Crippen LogP contribution in [0.25, 0.3) is 0 Å². The van der Waals surface area contributed by atoms with Gasteiger partial charge in [-0.1, -0.05) is 0 Å². The van der Waals surface area contributed by atoms with Crippen molar-refractivity contribution >= 4 is 0 Å². The molecular formula is C9H13NO2. The van der Waals surface area contributed by atoms with Crippen LogP contribution in [-0.2, 0) is 0 Å². The van der Waals surface area contributed by atoms with Gasteiger partial charge in [0.05, 0.1) is 18.0 Å². The molecule has 1 aromatic heterocycles. The molecule has 66 valence electrons. The van der Waals surface area contributed by atoms with Crippen molar-refractivity contribution < 1.29 is 9.84 Å². The Kier molecular flexibility index (Phi) is 2.53. The molecule has 0 saturated heterocycles. The fourth-order valence-corrected chi connectivity index (χ4v) is 0.876. The zero-order valence-electron chi connectivity index (χ0n) is 7.53. The summed E-state index contributed by atoms with van der Waals surface area (Å²) >= 11 is 0. The highest BCUT2D eigenvalue weighted by Crippen LogP contribution is 2.21. The van der Waals surface area contributed by atoms with Gasteiger partial charge < -0.3 is 9.84 Å². The van der Waals surface area contributed by atoms with E-state index in [1.165, 1.54) is 6.20 Å². The molecule has 1 aromatic rings.